The van der Waals surface area contributed by atoms with Crippen molar-refractivity contribution in [1.82, 2.24) is 40.4 Å². The van der Waals surface area contributed by atoms with Crippen LogP contribution in [0.25, 0.3) is 34.2 Å². The van der Waals surface area contributed by atoms with Gasteiger partial charge in [-0.25, -0.2) is 9.97 Å². The van der Waals surface area contributed by atoms with Crippen LogP contribution in [0.2, 0.25) is 0 Å². The molecule has 0 aliphatic carbocycles. The zero-order chi connectivity index (χ0) is 107. The number of anilines is 2. The maximum absolute atomic E-state index is 13.0. The fourth-order valence-electron chi connectivity index (χ4n) is 14.3. The Kier molecular flexibility index (Phi) is 52.6. The highest BCUT2D eigenvalue weighted by atomic mass is 16.6. The molecule has 0 spiro atoms. The number of hydrogen-bond acceptors (Lipinski definition) is 30. The van der Waals surface area contributed by atoms with Crippen LogP contribution in [-0.2, 0) is 97.2 Å². The number of methoxy groups -OCH3 is 1. The van der Waals surface area contributed by atoms with E-state index in [9.17, 15) is 53.4 Å². The quantitative estimate of drug-likeness (QED) is 0.00421. The predicted octanol–water partition coefficient (Wildman–Crippen LogP) is 15.3. The summed E-state index contributed by atoms with van der Waals surface area (Å²) in [6.07, 6.45) is 14.0. The average Bonchev–Trinajstić information content (AvgIpc) is 1.65. The molecule has 798 valence electrons. The second-order valence-electron chi connectivity index (χ2n) is 34.8. The molecule has 40 nitrogen and oxygen atoms in total. The van der Waals surface area contributed by atoms with Crippen LogP contribution in [0.3, 0.4) is 0 Å². The smallest absolute Gasteiger partial charge is 0.306 e. The molecule has 13 N–H and O–H groups in total. The van der Waals surface area contributed by atoms with E-state index in [0.29, 0.717) is 286 Å². The maximum Gasteiger partial charge on any atom is 0.306 e. The molecule has 2 heterocycles. The lowest BCUT2D eigenvalue weighted by atomic mass is 10.1. The monoisotopic (exact) mass is 2050 g/mol. The number of nitrogens with one attached hydrogen (secondary N) is 7. The molecule has 2 aromatic heterocycles. The zero-order valence-electron chi connectivity index (χ0n) is 85.5. The highest BCUT2D eigenvalue weighted by molar-refractivity contribution is 6.07. The first-order valence-corrected chi connectivity index (χ1v) is 49.9. The van der Waals surface area contributed by atoms with Crippen LogP contribution in [0, 0.1) is 5.41 Å². The van der Waals surface area contributed by atoms with Crippen molar-refractivity contribution in [2.24, 2.45) is 31.9 Å². The minimum absolute atomic E-state index is 0.0126. The number of fused-ring (bicyclic) bond motifs is 2. The molecule has 10 rings (SSSR count). The second kappa shape index (κ2) is 66.5. The molecule has 0 aliphatic rings. The lowest BCUT2D eigenvalue weighted by Gasteiger charge is -2.19. The fraction of sp³-hybridized carbons (Fsp3) is 0.413. The van der Waals surface area contributed by atoms with Gasteiger partial charge in [-0.05, 0) is 253 Å². The first-order valence-electron chi connectivity index (χ1n) is 49.9. The number of nitrogens with two attached hydrogens (primary N) is 2. The van der Waals surface area contributed by atoms with Crippen molar-refractivity contribution >= 4 is 128 Å². The first kappa shape index (κ1) is 118. The summed E-state index contributed by atoms with van der Waals surface area (Å²) in [7, 11) is 1.48. The molecule has 0 saturated heterocycles. The third-order valence-electron chi connectivity index (χ3n) is 21.8. The fourth-order valence-corrected chi connectivity index (χ4v) is 14.3. The van der Waals surface area contributed by atoms with Gasteiger partial charge in [0.2, 0.25) is 35.5 Å². The number of aryl methyl sites for hydroxylation is 4. The van der Waals surface area contributed by atoms with Gasteiger partial charge in [-0.2, -0.15) is 10.2 Å². The number of benzene rings is 8. The Hall–Kier alpha value is -14.7. The summed E-state index contributed by atoms with van der Waals surface area (Å²) in [5, 5.41) is 62.1. The van der Waals surface area contributed by atoms with E-state index in [2.05, 4.69) is 62.3 Å². The predicted molar refractivity (Wildman–Crippen MR) is 565 cm³/mol. The van der Waals surface area contributed by atoms with E-state index in [1.165, 1.54) is 31.4 Å². The Balaban J connectivity index is 0.000000331. The largest absolute Gasteiger partial charge is 0.506 e. The van der Waals surface area contributed by atoms with Crippen molar-refractivity contribution in [3.8, 4) is 11.5 Å². The van der Waals surface area contributed by atoms with Gasteiger partial charge in [0.25, 0.3) is 23.6 Å². The molecule has 0 bridgehead atoms. The standard InChI is InChI=1S/C56H72N8O12.C53H67N9O11/c1-5-26-64-48-38-41(14-21-46(48)60-55(64)61-54(70)44-12-7-11-43(39-44)52(57)68)16-23-50(66)58-24-8-27-71-29-31-73-33-35-75-36-34-74-32-30-72-28-9-25-59-53(69)42-17-19-45(20-18-42)62-63-47-37-40(15-22-49(47)65)10-6-13-51(67)76-56(2,3)4;1-3-24-62-46-36-39(12-19-44(46)58-53(62)59-52(67)42-10-5-9-41(37-42)50(55)65)14-21-49(64)56-22-6-25-69-27-29-71-31-33-73-34-32-72-30-28-70-26-7-23-57-51(66)40-15-17-43(18-16-40)60-61-45-35-38(13-20-47(45)63)8-4-11-48(54)68-2/h7,11-12,14-23,37-39,65H,5-6,8-10,13,24-36H2,1-4H3,(H2,57,68)(H,58,66)(H,59,69)(H,60,61,70);5,9-10,12-21,35-37,54,63H,3-4,6-8,11,22-34H2,1-2H3,(H2,55,65)(H,56,64)(H,57,66)(H,58,59,67)/b23-16+,63-62?;21-14+,54-48?,61-60?. The number of hydrogen-bond donors (Lipinski definition) is 11. The number of ether oxygens (including phenoxy) is 12. The number of imidazole rings is 2. The molecule has 0 fully saturated rings. The number of esters is 1. The maximum atomic E-state index is 13.0. The Labute approximate surface area is 867 Å². The molecule has 149 heavy (non-hydrogen) atoms. The second-order valence-corrected chi connectivity index (χ2v) is 34.8. The molecule has 0 aliphatic heterocycles. The number of phenols is 2. The molecular formula is C109H139N17O23. The summed E-state index contributed by atoms with van der Waals surface area (Å²) in [6.45, 7) is 21.2. The lowest BCUT2D eigenvalue weighted by molar-refractivity contribution is -0.155. The van der Waals surface area contributed by atoms with E-state index < -0.39 is 29.2 Å². The van der Waals surface area contributed by atoms with E-state index in [1.54, 1.807) is 127 Å². The molecule has 8 amide bonds. The molecule has 0 atom stereocenters. The summed E-state index contributed by atoms with van der Waals surface area (Å²) in [5.74, 6) is -2.22. The summed E-state index contributed by atoms with van der Waals surface area (Å²) in [4.78, 5) is 121. The molecule has 0 radical (unpaired) electrons. The highest BCUT2D eigenvalue weighted by Gasteiger charge is 2.22. The molecule has 8 aromatic carbocycles. The summed E-state index contributed by atoms with van der Waals surface area (Å²) < 4.78 is 69.8. The third-order valence-corrected chi connectivity index (χ3v) is 21.8. The van der Waals surface area contributed by atoms with Gasteiger partial charge in [0.05, 0.1) is 146 Å². The number of aromatic hydroxyl groups is 2. The van der Waals surface area contributed by atoms with Crippen molar-refractivity contribution in [1.29, 1.82) is 5.41 Å². The first-order chi connectivity index (χ1) is 72.2. The van der Waals surface area contributed by atoms with E-state index in [-0.39, 0.29) is 69.2 Å². The van der Waals surface area contributed by atoms with Crippen molar-refractivity contribution in [3.05, 3.63) is 238 Å². The third kappa shape index (κ3) is 44.9. The van der Waals surface area contributed by atoms with Crippen LogP contribution in [0.4, 0.5) is 34.6 Å². The number of carbonyl (C=O) groups is 9. The molecule has 40 heteroatoms. The number of primary amides is 2. The van der Waals surface area contributed by atoms with Gasteiger partial charge in [0.15, 0.2) is 5.90 Å². The van der Waals surface area contributed by atoms with Crippen molar-refractivity contribution in [3.63, 3.8) is 0 Å². The van der Waals surface area contributed by atoms with Crippen molar-refractivity contribution in [2.45, 2.75) is 130 Å². The van der Waals surface area contributed by atoms with Gasteiger partial charge in [-0.15, -0.1) is 10.2 Å². The number of aromatic nitrogens is 4. The van der Waals surface area contributed by atoms with Gasteiger partial charge in [-0.3, -0.25) is 59.2 Å². The molecule has 0 unspecified atom stereocenters. The van der Waals surface area contributed by atoms with Crippen LogP contribution in [-0.4, -0.2) is 259 Å². The summed E-state index contributed by atoms with van der Waals surface area (Å²) in [5.41, 5.74) is 20.4. The van der Waals surface area contributed by atoms with Gasteiger partial charge < -0.3 is 109 Å². The number of amides is 8. The van der Waals surface area contributed by atoms with Crippen LogP contribution in [0.5, 0.6) is 11.5 Å². The Morgan fingerprint density at radius 3 is 1.07 bits per heavy atom. The summed E-state index contributed by atoms with van der Waals surface area (Å²) in [6, 6.07) is 47.2. The average molecular weight is 2060 g/mol. The number of carbonyl (C=O) groups excluding carboxylic acids is 9. The van der Waals surface area contributed by atoms with Gasteiger partial charge >= 0.3 is 5.97 Å². The van der Waals surface area contributed by atoms with Crippen LogP contribution < -0.4 is 43.4 Å². The number of phenolic OH excluding ortho intramolecular Hbond substituents is 2. The van der Waals surface area contributed by atoms with E-state index in [1.807, 2.05) is 86.2 Å². The topological polar surface area (TPSA) is 538 Å². The van der Waals surface area contributed by atoms with Crippen LogP contribution in [0.15, 0.2) is 202 Å². The van der Waals surface area contributed by atoms with Gasteiger partial charge in [-0.1, -0.05) is 50.2 Å². The SMILES string of the molecule is CCCn1c(NC(=O)c2cccc(C(N)=O)c2)nc2ccc(/C=C/C(=O)NCCCOCCOCCOCCOCCOCCCNC(=O)c3ccc(N=Nc4cc(CCCC(=N)OC)ccc4O)cc3)cc21.CCCn1c(NC(=O)c2cccc(C(N)=O)c2)nc2ccc(/C=C/C(=O)NCCCOCCOCCOCCOCCOCCCNC(=O)c3ccc(N=Nc4cc(CCCC(=O)OC(C)(C)C)ccc4O)cc3)cc21. The zero-order valence-corrected chi connectivity index (χ0v) is 85.5. The van der Waals surface area contributed by atoms with Gasteiger partial charge in [0, 0.05) is 124 Å². The minimum atomic E-state index is -0.620. The normalized spacial score (nSPS) is 11.5. The number of azo groups is 2. The highest BCUT2D eigenvalue weighted by Crippen LogP contribution is 2.33. The lowest BCUT2D eigenvalue weighted by Crippen LogP contribution is -2.25. The van der Waals surface area contributed by atoms with Crippen LogP contribution in [0.1, 0.15) is 183 Å². The van der Waals surface area contributed by atoms with Crippen molar-refractivity contribution < 1.29 is 110 Å². The Bertz CT molecular complexity index is 6060. The van der Waals surface area contributed by atoms with Crippen LogP contribution >= 0.6 is 0 Å². The molecular weight excluding hydrogens is 1920 g/mol. The van der Waals surface area contributed by atoms with Gasteiger partial charge in [0.1, 0.15) is 28.5 Å². The molecule has 10 aromatic rings. The Morgan fingerprint density at radius 2 is 0.732 bits per heavy atom. The number of rotatable bonds is 68. The molecule has 0 saturated carbocycles. The van der Waals surface area contributed by atoms with E-state index >= 15 is 0 Å². The minimum Gasteiger partial charge on any atom is -0.506 e. The number of nitrogens with zero attached hydrogens (tertiary/aromatic N) is 8. The van der Waals surface area contributed by atoms with E-state index in [4.69, 9.17) is 73.7 Å². The Morgan fingerprint density at radius 1 is 0.389 bits per heavy atom. The summed E-state index contributed by atoms with van der Waals surface area (Å²) >= 11 is 0. The van der Waals surface area contributed by atoms with E-state index in [0.717, 1.165) is 52.5 Å². The van der Waals surface area contributed by atoms with Crippen molar-refractivity contribution in [2.75, 3.05) is 176 Å².